The lowest BCUT2D eigenvalue weighted by molar-refractivity contribution is -0.122. The van der Waals surface area contributed by atoms with Gasteiger partial charge in [0.25, 0.3) is 0 Å². The third kappa shape index (κ3) is 3.67. The van der Waals surface area contributed by atoms with Gasteiger partial charge in [-0.15, -0.1) is 0 Å². The van der Waals surface area contributed by atoms with Gasteiger partial charge in [0.2, 0.25) is 5.91 Å². The molecule has 1 heterocycles. The predicted molar refractivity (Wildman–Crippen MR) is 73.4 cm³/mol. The molecule has 1 atom stereocenters. The van der Waals surface area contributed by atoms with Crippen LogP contribution in [0, 0.1) is 0 Å². The topological polar surface area (TPSA) is 55.6 Å². The van der Waals surface area contributed by atoms with E-state index in [4.69, 9.17) is 5.73 Å². The molecule has 1 aliphatic rings. The Labute approximate surface area is 124 Å². The predicted octanol–water partition coefficient (Wildman–Crippen LogP) is 2.50. The zero-order chi connectivity index (χ0) is 14.7. The molecule has 1 aliphatic heterocycles. The van der Waals surface area contributed by atoms with Crippen LogP contribution in [0.4, 0.5) is 8.78 Å². The number of primary amides is 1. The Morgan fingerprint density at radius 3 is 2.90 bits per heavy atom. The molecule has 1 aromatic rings. The van der Waals surface area contributed by atoms with E-state index in [2.05, 4.69) is 20.7 Å². The average Bonchev–Trinajstić information content (AvgIpc) is 2.80. The molecule has 0 saturated carbocycles. The molecule has 4 nitrogen and oxygen atoms in total. The zero-order valence-electron chi connectivity index (χ0n) is 10.7. The molecule has 1 fully saturated rings. The van der Waals surface area contributed by atoms with E-state index in [1.54, 1.807) is 12.1 Å². The van der Waals surface area contributed by atoms with Gasteiger partial charge in [-0.2, -0.15) is 8.78 Å². The molecule has 2 rings (SSSR count). The van der Waals surface area contributed by atoms with Crippen LogP contribution in [0.25, 0.3) is 0 Å². The number of rotatable bonds is 5. The van der Waals surface area contributed by atoms with Gasteiger partial charge in [-0.1, -0.05) is 6.07 Å². The van der Waals surface area contributed by atoms with Crippen LogP contribution in [0.3, 0.4) is 0 Å². The average molecular weight is 349 g/mol. The van der Waals surface area contributed by atoms with Gasteiger partial charge in [0.1, 0.15) is 5.75 Å². The van der Waals surface area contributed by atoms with E-state index in [1.165, 1.54) is 6.07 Å². The highest BCUT2D eigenvalue weighted by atomic mass is 79.9. The van der Waals surface area contributed by atoms with Crippen molar-refractivity contribution in [2.45, 2.75) is 32.0 Å². The van der Waals surface area contributed by atoms with Gasteiger partial charge < -0.3 is 10.5 Å². The summed E-state index contributed by atoms with van der Waals surface area (Å²) in [5, 5.41) is 0. The number of ether oxygens (including phenoxy) is 1. The standard InChI is InChI=1S/C13H15BrF2N2O2/c14-9-6-8(3-4-11(9)20-13(15)16)7-18-5-1-2-10(18)12(17)19/h3-4,6,10,13H,1-2,5,7H2,(H2,17,19). The van der Waals surface area contributed by atoms with Crippen LogP contribution < -0.4 is 10.5 Å². The fourth-order valence-corrected chi connectivity index (χ4v) is 2.93. The normalized spacial score (nSPS) is 19.5. The lowest BCUT2D eigenvalue weighted by atomic mass is 10.1. The smallest absolute Gasteiger partial charge is 0.387 e. The van der Waals surface area contributed by atoms with E-state index in [0.29, 0.717) is 11.0 Å². The zero-order valence-corrected chi connectivity index (χ0v) is 12.3. The van der Waals surface area contributed by atoms with Crippen molar-refractivity contribution in [3.8, 4) is 5.75 Å². The number of nitrogens with two attached hydrogens (primary N) is 1. The molecule has 0 radical (unpaired) electrons. The monoisotopic (exact) mass is 348 g/mol. The molecule has 1 aromatic carbocycles. The molecule has 2 N–H and O–H groups in total. The summed E-state index contributed by atoms with van der Waals surface area (Å²) in [5.41, 5.74) is 6.27. The third-order valence-electron chi connectivity index (χ3n) is 3.29. The van der Waals surface area contributed by atoms with E-state index in [0.717, 1.165) is 24.9 Å². The quantitative estimate of drug-likeness (QED) is 0.889. The Hall–Kier alpha value is -1.21. The second kappa shape index (κ2) is 6.49. The molecule has 0 bridgehead atoms. The van der Waals surface area contributed by atoms with E-state index < -0.39 is 6.61 Å². The number of nitrogens with zero attached hydrogens (tertiary/aromatic N) is 1. The van der Waals surface area contributed by atoms with Crippen molar-refractivity contribution >= 4 is 21.8 Å². The highest BCUT2D eigenvalue weighted by Crippen LogP contribution is 2.29. The molecule has 0 aliphatic carbocycles. The molecule has 1 unspecified atom stereocenters. The number of carbonyl (C=O) groups excluding carboxylic acids is 1. The Bertz CT molecular complexity index is 499. The van der Waals surface area contributed by atoms with Crippen LogP contribution in [0.5, 0.6) is 5.75 Å². The van der Waals surface area contributed by atoms with E-state index in [1.807, 2.05) is 4.90 Å². The molecular weight excluding hydrogens is 334 g/mol. The Balaban J connectivity index is 2.06. The van der Waals surface area contributed by atoms with Crippen molar-refractivity contribution < 1.29 is 18.3 Å². The molecular formula is C13H15BrF2N2O2. The minimum Gasteiger partial charge on any atom is -0.434 e. The van der Waals surface area contributed by atoms with Gasteiger partial charge in [-0.3, -0.25) is 9.69 Å². The van der Waals surface area contributed by atoms with Crippen LogP contribution in [-0.4, -0.2) is 30.0 Å². The summed E-state index contributed by atoms with van der Waals surface area (Å²) in [5.74, 6) is -0.226. The van der Waals surface area contributed by atoms with Gasteiger partial charge >= 0.3 is 6.61 Å². The molecule has 1 amide bonds. The summed E-state index contributed by atoms with van der Waals surface area (Å²) in [7, 11) is 0. The fourth-order valence-electron chi connectivity index (χ4n) is 2.41. The minimum atomic E-state index is -2.85. The highest BCUT2D eigenvalue weighted by molar-refractivity contribution is 9.10. The maximum atomic E-state index is 12.2. The Morgan fingerprint density at radius 1 is 1.55 bits per heavy atom. The largest absolute Gasteiger partial charge is 0.434 e. The van der Waals surface area contributed by atoms with Crippen molar-refractivity contribution in [3.05, 3.63) is 28.2 Å². The number of hydrogen-bond acceptors (Lipinski definition) is 3. The highest BCUT2D eigenvalue weighted by Gasteiger charge is 2.28. The number of alkyl halides is 2. The van der Waals surface area contributed by atoms with Crippen LogP contribution >= 0.6 is 15.9 Å². The molecule has 110 valence electrons. The first-order valence-corrected chi connectivity index (χ1v) is 7.03. The second-order valence-corrected chi connectivity index (χ2v) is 5.53. The third-order valence-corrected chi connectivity index (χ3v) is 3.91. The number of benzene rings is 1. The SMILES string of the molecule is NC(=O)C1CCCN1Cc1ccc(OC(F)F)c(Br)c1. The van der Waals surface area contributed by atoms with Crippen molar-refractivity contribution in [1.29, 1.82) is 0 Å². The van der Waals surface area contributed by atoms with Crippen LogP contribution in [0.15, 0.2) is 22.7 Å². The maximum Gasteiger partial charge on any atom is 0.387 e. The Morgan fingerprint density at radius 2 is 2.30 bits per heavy atom. The van der Waals surface area contributed by atoms with Crippen molar-refractivity contribution in [2.75, 3.05) is 6.54 Å². The molecule has 0 spiro atoms. The van der Waals surface area contributed by atoms with Gasteiger partial charge in [-0.25, -0.2) is 0 Å². The first kappa shape index (κ1) is 15.2. The van der Waals surface area contributed by atoms with Gasteiger partial charge in [0, 0.05) is 6.54 Å². The molecule has 20 heavy (non-hydrogen) atoms. The first-order chi connectivity index (χ1) is 9.47. The lowest BCUT2D eigenvalue weighted by Gasteiger charge is -2.22. The van der Waals surface area contributed by atoms with Crippen LogP contribution in [-0.2, 0) is 11.3 Å². The fraction of sp³-hybridized carbons (Fsp3) is 0.462. The van der Waals surface area contributed by atoms with E-state index >= 15 is 0 Å². The summed E-state index contributed by atoms with van der Waals surface area (Å²) >= 11 is 3.20. The lowest BCUT2D eigenvalue weighted by Crippen LogP contribution is -2.39. The maximum absolute atomic E-state index is 12.2. The molecule has 0 aromatic heterocycles. The molecule has 1 saturated heterocycles. The summed E-state index contributed by atoms with van der Waals surface area (Å²) < 4.78 is 29.2. The van der Waals surface area contributed by atoms with E-state index in [-0.39, 0.29) is 17.7 Å². The van der Waals surface area contributed by atoms with Crippen molar-refractivity contribution in [2.24, 2.45) is 5.73 Å². The number of amides is 1. The van der Waals surface area contributed by atoms with Crippen molar-refractivity contribution in [1.82, 2.24) is 4.90 Å². The summed E-state index contributed by atoms with van der Waals surface area (Å²) in [6, 6.07) is 4.67. The summed E-state index contributed by atoms with van der Waals surface area (Å²) in [4.78, 5) is 13.3. The van der Waals surface area contributed by atoms with E-state index in [9.17, 15) is 13.6 Å². The number of halogens is 3. The number of carbonyl (C=O) groups is 1. The van der Waals surface area contributed by atoms with Gasteiger partial charge in [0.15, 0.2) is 0 Å². The summed E-state index contributed by atoms with van der Waals surface area (Å²) in [6.07, 6.45) is 1.70. The number of likely N-dealkylation sites (tertiary alicyclic amines) is 1. The number of hydrogen-bond donors (Lipinski definition) is 1. The summed E-state index contributed by atoms with van der Waals surface area (Å²) in [6.45, 7) is -1.49. The van der Waals surface area contributed by atoms with Crippen LogP contribution in [0.1, 0.15) is 18.4 Å². The first-order valence-electron chi connectivity index (χ1n) is 6.24. The minimum absolute atomic E-state index is 0.0941. The second-order valence-electron chi connectivity index (χ2n) is 4.67. The van der Waals surface area contributed by atoms with Crippen molar-refractivity contribution in [3.63, 3.8) is 0 Å². The van der Waals surface area contributed by atoms with Crippen LogP contribution in [0.2, 0.25) is 0 Å². The Kier molecular flexibility index (Phi) is 4.93. The van der Waals surface area contributed by atoms with Gasteiger partial charge in [-0.05, 0) is 53.0 Å². The molecule has 7 heteroatoms. The van der Waals surface area contributed by atoms with Gasteiger partial charge in [0.05, 0.1) is 10.5 Å².